The van der Waals surface area contributed by atoms with Crippen molar-refractivity contribution < 1.29 is 21.9 Å². The molecule has 220 valence electrons. The molecule has 1 atom stereocenters. The zero-order valence-corrected chi connectivity index (χ0v) is 24.5. The van der Waals surface area contributed by atoms with Gasteiger partial charge in [-0.15, -0.1) is 0 Å². The Morgan fingerprint density at radius 3 is 2.51 bits per heavy atom. The number of methoxy groups -OCH3 is 1. The number of nitrogens with one attached hydrogen (secondary N) is 3. The fraction of sp³-hybridized carbons (Fsp3) is 0.429. The molecule has 0 spiro atoms. The van der Waals surface area contributed by atoms with Crippen LogP contribution in [0.3, 0.4) is 0 Å². The van der Waals surface area contributed by atoms with Gasteiger partial charge in [-0.25, -0.2) is 22.2 Å². The summed E-state index contributed by atoms with van der Waals surface area (Å²) in [5, 5.41) is 6.57. The number of hydrogen-bond acceptors (Lipinski definition) is 8. The second-order valence-electron chi connectivity index (χ2n) is 10.5. The summed E-state index contributed by atoms with van der Waals surface area (Å²) in [6, 6.07) is 11.1. The zero-order valence-electron chi connectivity index (χ0n) is 22.9. The number of halogens is 3. The molecule has 9 nitrogen and oxygen atoms in total. The molecule has 2 heterocycles. The van der Waals surface area contributed by atoms with Crippen LogP contribution in [0.1, 0.15) is 36.8 Å². The molecule has 1 aromatic heterocycles. The van der Waals surface area contributed by atoms with Gasteiger partial charge in [-0.1, -0.05) is 23.7 Å². The summed E-state index contributed by atoms with van der Waals surface area (Å²) < 4.78 is 59.2. The molecule has 3 N–H and O–H groups in total. The zero-order chi connectivity index (χ0) is 29.2. The van der Waals surface area contributed by atoms with Gasteiger partial charge in [0.1, 0.15) is 10.8 Å². The van der Waals surface area contributed by atoms with E-state index in [1.807, 2.05) is 12.1 Å². The number of aryl methyl sites for hydroxylation is 1. The number of hydrogen-bond donors (Lipinski definition) is 3. The third-order valence-corrected chi connectivity index (χ3v) is 8.34. The maximum Gasteiger partial charge on any atom is 0.250 e. The van der Waals surface area contributed by atoms with Crippen LogP contribution in [0.25, 0.3) is 0 Å². The minimum atomic E-state index is -3.50. The van der Waals surface area contributed by atoms with Gasteiger partial charge in [-0.3, -0.25) is 9.62 Å². The molecule has 0 radical (unpaired) electrons. The highest BCUT2D eigenvalue weighted by Gasteiger charge is 2.36. The Morgan fingerprint density at radius 1 is 1.07 bits per heavy atom. The molecular formula is C28H33ClF2N6O3S. The van der Waals surface area contributed by atoms with Crippen molar-refractivity contribution in [3.8, 4) is 5.75 Å². The first-order valence-electron chi connectivity index (χ1n) is 13.4. The molecule has 5 rings (SSSR count). The third-order valence-electron chi connectivity index (χ3n) is 7.47. The predicted molar refractivity (Wildman–Crippen MR) is 158 cm³/mol. The summed E-state index contributed by atoms with van der Waals surface area (Å²) in [5.74, 6) is -1.39. The van der Waals surface area contributed by atoms with Gasteiger partial charge in [0.2, 0.25) is 16.0 Å². The first-order chi connectivity index (χ1) is 19.5. The maximum atomic E-state index is 13.7. The average molecular weight is 607 g/mol. The summed E-state index contributed by atoms with van der Waals surface area (Å²) in [4.78, 5) is 11.1. The number of alkyl halides is 2. The molecular weight excluding hydrogens is 574 g/mol. The molecule has 0 amide bonds. The van der Waals surface area contributed by atoms with E-state index in [4.69, 9.17) is 16.3 Å². The van der Waals surface area contributed by atoms with Crippen LogP contribution in [0.2, 0.25) is 5.02 Å². The van der Waals surface area contributed by atoms with Gasteiger partial charge in [0.25, 0.3) is 5.92 Å². The molecule has 1 aliphatic carbocycles. The van der Waals surface area contributed by atoms with Gasteiger partial charge in [-0.2, -0.15) is 4.98 Å². The van der Waals surface area contributed by atoms with Crippen molar-refractivity contribution >= 4 is 50.5 Å². The summed E-state index contributed by atoms with van der Waals surface area (Å²) in [7, 11) is -1.91. The molecule has 1 fully saturated rings. The van der Waals surface area contributed by atoms with Crippen LogP contribution in [-0.2, 0) is 22.9 Å². The standard InChI is InChI=1S/C28H33ClF2N6O3S/c1-40-25-16-19-14-20(37-12-10-28(30,31)11-13-37)7-5-6-18(19)15-24(25)34-27-32-17-21(29)26(35-27)33-22-8-3-4-9-23(22)36-41(2,38)39/h3-4,8-9,15-17,20,36H,5-7,10-14H2,1-2H3,(H2,32,33,34,35). The lowest BCUT2D eigenvalue weighted by Crippen LogP contribution is -2.45. The lowest BCUT2D eigenvalue weighted by atomic mass is 9.97. The van der Waals surface area contributed by atoms with Gasteiger partial charge in [-0.05, 0) is 61.1 Å². The Labute approximate surface area is 243 Å². The molecule has 1 saturated heterocycles. The van der Waals surface area contributed by atoms with E-state index < -0.39 is 15.9 Å². The first kappa shape index (κ1) is 29.3. The number of ether oxygens (including phenoxy) is 1. The van der Waals surface area contributed by atoms with E-state index in [1.165, 1.54) is 11.8 Å². The number of aromatic nitrogens is 2. The molecule has 13 heteroatoms. The van der Waals surface area contributed by atoms with Crippen molar-refractivity contribution in [2.75, 3.05) is 41.8 Å². The quantitative estimate of drug-likeness (QED) is 0.269. The van der Waals surface area contributed by atoms with Crippen LogP contribution in [0.15, 0.2) is 42.6 Å². The molecule has 0 saturated carbocycles. The van der Waals surface area contributed by atoms with E-state index in [2.05, 4.69) is 30.2 Å². The molecule has 1 aliphatic heterocycles. The second-order valence-corrected chi connectivity index (χ2v) is 12.7. The minimum absolute atomic E-state index is 0.0831. The van der Waals surface area contributed by atoms with Gasteiger partial charge >= 0.3 is 0 Å². The lowest BCUT2D eigenvalue weighted by molar-refractivity contribution is -0.0635. The van der Waals surface area contributed by atoms with Crippen molar-refractivity contribution in [1.82, 2.24) is 14.9 Å². The van der Waals surface area contributed by atoms with Crippen LogP contribution in [0, 0.1) is 0 Å². The molecule has 0 bridgehead atoms. The Kier molecular flexibility index (Phi) is 8.53. The number of fused-ring (bicyclic) bond motifs is 1. The topological polar surface area (TPSA) is 108 Å². The van der Waals surface area contributed by atoms with Crippen molar-refractivity contribution in [2.45, 2.75) is 50.5 Å². The average Bonchev–Trinajstić information content (AvgIpc) is 3.12. The third kappa shape index (κ3) is 7.35. The summed E-state index contributed by atoms with van der Waals surface area (Å²) in [6.07, 6.45) is 5.93. The van der Waals surface area contributed by atoms with Crippen molar-refractivity contribution in [1.29, 1.82) is 0 Å². The Hall–Kier alpha value is -3.22. The normalized spacial score (nSPS) is 19.1. The SMILES string of the molecule is COc1cc2c(cc1Nc1ncc(Cl)c(Nc3ccccc3NS(C)(=O)=O)n1)CCCC(N1CCC(F)(F)CC1)C2. The van der Waals surface area contributed by atoms with Gasteiger partial charge < -0.3 is 15.4 Å². The first-order valence-corrected chi connectivity index (χ1v) is 15.7. The molecule has 41 heavy (non-hydrogen) atoms. The number of piperidine rings is 1. The van der Waals surface area contributed by atoms with Crippen LogP contribution in [0.5, 0.6) is 5.75 Å². The number of para-hydroxylation sites is 2. The fourth-order valence-corrected chi connectivity index (χ4v) is 6.13. The van der Waals surface area contributed by atoms with Crippen molar-refractivity contribution in [2.24, 2.45) is 0 Å². The van der Waals surface area contributed by atoms with Crippen LogP contribution >= 0.6 is 11.6 Å². The summed E-state index contributed by atoms with van der Waals surface area (Å²) in [6.45, 7) is 0.839. The van der Waals surface area contributed by atoms with Crippen LogP contribution < -0.4 is 20.1 Å². The van der Waals surface area contributed by atoms with Gasteiger partial charge in [0, 0.05) is 32.0 Å². The van der Waals surface area contributed by atoms with E-state index in [0.717, 1.165) is 37.5 Å². The number of likely N-dealkylation sites (tertiary alicyclic amines) is 1. The maximum absolute atomic E-state index is 13.7. The number of benzene rings is 2. The molecule has 2 aliphatic rings. The van der Waals surface area contributed by atoms with E-state index in [-0.39, 0.29) is 35.7 Å². The van der Waals surface area contributed by atoms with Gasteiger partial charge in [0.05, 0.1) is 36.6 Å². The highest BCUT2D eigenvalue weighted by Crippen LogP contribution is 2.37. The Balaban J connectivity index is 1.36. The fourth-order valence-electron chi connectivity index (χ4n) is 5.41. The van der Waals surface area contributed by atoms with E-state index >= 15 is 0 Å². The van der Waals surface area contributed by atoms with Crippen LogP contribution in [-0.4, -0.2) is 61.7 Å². The second kappa shape index (κ2) is 11.9. The summed E-state index contributed by atoms with van der Waals surface area (Å²) in [5.41, 5.74) is 3.84. The Bertz CT molecular complexity index is 1510. The minimum Gasteiger partial charge on any atom is -0.495 e. The highest BCUT2D eigenvalue weighted by molar-refractivity contribution is 7.92. The highest BCUT2D eigenvalue weighted by atomic mass is 35.5. The monoisotopic (exact) mass is 606 g/mol. The van der Waals surface area contributed by atoms with E-state index in [0.29, 0.717) is 35.9 Å². The smallest absolute Gasteiger partial charge is 0.250 e. The largest absolute Gasteiger partial charge is 0.495 e. The van der Waals surface area contributed by atoms with E-state index in [1.54, 1.807) is 31.4 Å². The molecule has 2 aromatic carbocycles. The van der Waals surface area contributed by atoms with Crippen LogP contribution in [0.4, 0.5) is 37.6 Å². The summed E-state index contributed by atoms with van der Waals surface area (Å²) >= 11 is 6.38. The lowest BCUT2D eigenvalue weighted by Gasteiger charge is -2.37. The van der Waals surface area contributed by atoms with Crippen molar-refractivity contribution in [3.63, 3.8) is 0 Å². The number of rotatable bonds is 8. The number of anilines is 5. The van der Waals surface area contributed by atoms with Gasteiger partial charge in [0.15, 0.2) is 5.82 Å². The van der Waals surface area contributed by atoms with E-state index in [9.17, 15) is 17.2 Å². The molecule has 3 aromatic rings. The van der Waals surface area contributed by atoms with Crippen molar-refractivity contribution in [3.05, 3.63) is 58.7 Å². The Morgan fingerprint density at radius 2 is 1.80 bits per heavy atom. The molecule has 1 unspecified atom stereocenters. The number of sulfonamides is 1. The predicted octanol–water partition coefficient (Wildman–Crippen LogP) is 5.98. The number of nitrogens with zero attached hydrogens (tertiary/aromatic N) is 3.